The monoisotopic (exact) mass is 569 g/mol. The first-order valence-electron chi connectivity index (χ1n) is 13.7. The van der Waals surface area contributed by atoms with E-state index < -0.39 is 9.73 Å². The SMILES string of the molecule is CNC(=O)N1CCS(=O)(=Nc2cc(C)c3c(Cc4ccc(F)cc4OC4CCC(OC)CC4)ncnc3c2)CC1. The minimum atomic E-state index is -2.49. The van der Waals surface area contributed by atoms with Gasteiger partial charge in [-0.25, -0.2) is 23.4 Å². The number of methoxy groups -OCH3 is 1. The molecule has 0 spiro atoms. The van der Waals surface area contributed by atoms with Crippen LogP contribution in [0.2, 0.25) is 0 Å². The average molecular weight is 570 g/mol. The van der Waals surface area contributed by atoms with Crippen molar-refractivity contribution in [3.05, 3.63) is 59.3 Å². The summed E-state index contributed by atoms with van der Waals surface area (Å²) < 4.78 is 44.1. The van der Waals surface area contributed by atoms with Gasteiger partial charge in [0.25, 0.3) is 0 Å². The highest BCUT2D eigenvalue weighted by Crippen LogP contribution is 2.32. The maximum Gasteiger partial charge on any atom is 0.317 e. The Morgan fingerprint density at radius 2 is 1.85 bits per heavy atom. The number of aryl methyl sites for hydroxylation is 1. The first-order chi connectivity index (χ1) is 19.3. The summed E-state index contributed by atoms with van der Waals surface area (Å²) in [6.07, 6.45) is 5.82. The third-order valence-corrected chi connectivity index (χ3v) is 9.95. The quantitative estimate of drug-likeness (QED) is 0.459. The Balaban J connectivity index is 1.39. The molecule has 1 aromatic heterocycles. The maximum atomic E-state index is 14.2. The lowest BCUT2D eigenvalue weighted by Crippen LogP contribution is -2.47. The molecule has 214 valence electrons. The van der Waals surface area contributed by atoms with E-state index in [0.717, 1.165) is 47.9 Å². The zero-order valence-electron chi connectivity index (χ0n) is 23.2. The van der Waals surface area contributed by atoms with Crippen molar-refractivity contribution in [2.75, 3.05) is 38.8 Å². The normalized spacial score (nSPS) is 20.8. The molecule has 9 nitrogen and oxygen atoms in total. The lowest BCUT2D eigenvalue weighted by molar-refractivity contribution is 0.0324. The molecule has 40 heavy (non-hydrogen) atoms. The van der Waals surface area contributed by atoms with E-state index in [-0.39, 0.29) is 24.1 Å². The predicted octanol–water partition coefficient (Wildman–Crippen LogP) is 4.76. The largest absolute Gasteiger partial charge is 0.490 e. The fraction of sp³-hybridized carbons (Fsp3) is 0.483. The van der Waals surface area contributed by atoms with Crippen LogP contribution in [0.4, 0.5) is 14.9 Å². The van der Waals surface area contributed by atoms with Crippen molar-refractivity contribution < 1.29 is 22.9 Å². The van der Waals surface area contributed by atoms with Gasteiger partial charge in [-0.15, -0.1) is 0 Å². The summed E-state index contributed by atoms with van der Waals surface area (Å²) >= 11 is 0. The Labute approximate surface area is 234 Å². The van der Waals surface area contributed by atoms with E-state index in [1.54, 1.807) is 25.1 Å². The number of rotatable bonds is 6. The average Bonchev–Trinajstić information content (AvgIpc) is 2.94. The van der Waals surface area contributed by atoms with E-state index in [9.17, 15) is 13.4 Å². The van der Waals surface area contributed by atoms with Gasteiger partial charge in [-0.2, -0.15) is 4.36 Å². The third kappa shape index (κ3) is 6.36. The van der Waals surface area contributed by atoms with Crippen LogP contribution in [0, 0.1) is 12.7 Å². The van der Waals surface area contributed by atoms with Gasteiger partial charge < -0.3 is 19.7 Å². The van der Waals surface area contributed by atoms with Crippen molar-refractivity contribution >= 4 is 32.4 Å². The smallest absolute Gasteiger partial charge is 0.317 e. The molecule has 0 radical (unpaired) electrons. The number of ether oxygens (including phenoxy) is 2. The number of benzene rings is 2. The van der Waals surface area contributed by atoms with E-state index >= 15 is 0 Å². The first-order valence-corrected chi connectivity index (χ1v) is 15.5. The van der Waals surface area contributed by atoms with Crippen molar-refractivity contribution in [3.63, 3.8) is 0 Å². The highest BCUT2D eigenvalue weighted by Gasteiger charge is 2.25. The second kappa shape index (κ2) is 12.1. The van der Waals surface area contributed by atoms with Crippen LogP contribution >= 0.6 is 0 Å². The van der Waals surface area contributed by atoms with Gasteiger partial charge in [0.1, 0.15) is 17.9 Å². The molecule has 1 saturated carbocycles. The zero-order chi connectivity index (χ0) is 28.3. The van der Waals surface area contributed by atoms with Crippen LogP contribution in [0.25, 0.3) is 10.9 Å². The molecular formula is C29H36FN5O4S. The number of nitrogens with one attached hydrogen (secondary N) is 1. The summed E-state index contributed by atoms with van der Waals surface area (Å²) in [4.78, 5) is 22.6. The maximum absolute atomic E-state index is 14.2. The Morgan fingerprint density at radius 1 is 1.12 bits per heavy atom. The van der Waals surface area contributed by atoms with E-state index in [4.69, 9.17) is 9.47 Å². The van der Waals surface area contributed by atoms with Gasteiger partial charge >= 0.3 is 6.03 Å². The summed E-state index contributed by atoms with van der Waals surface area (Å²) in [6.45, 7) is 2.76. The number of carbonyl (C=O) groups excluding carboxylic acids is 1. The topological polar surface area (TPSA) is 106 Å². The second-order valence-corrected chi connectivity index (χ2v) is 13.0. The van der Waals surface area contributed by atoms with Gasteiger partial charge in [0.05, 0.1) is 38.8 Å². The number of carbonyl (C=O) groups is 1. The Morgan fingerprint density at radius 3 is 2.55 bits per heavy atom. The molecular weight excluding hydrogens is 533 g/mol. The van der Waals surface area contributed by atoms with Gasteiger partial charge in [-0.3, -0.25) is 0 Å². The number of nitrogens with zero attached hydrogens (tertiary/aromatic N) is 4. The molecule has 1 N–H and O–H groups in total. The second-order valence-electron chi connectivity index (χ2n) is 10.5. The van der Waals surface area contributed by atoms with Crippen LogP contribution < -0.4 is 10.1 Å². The number of fused-ring (bicyclic) bond motifs is 1. The van der Waals surface area contributed by atoms with Crippen LogP contribution in [0.3, 0.4) is 0 Å². The van der Waals surface area contributed by atoms with Gasteiger partial charge in [0.2, 0.25) is 0 Å². The third-order valence-electron chi connectivity index (χ3n) is 7.77. The number of hydrogen-bond donors (Lipinski definition) is 1. The molecule has 2 fully saturated rings. The van der Waals surface area contributed by atoms with Crippen LogP contribution in [0.1, 0.15) is 42.5 Å². The molecule has 1 saturated heterocycles. The summed E-state index contributed by atoms with van der Waals surface area (Å²) in [5.41, 5.74) is 3.88. The lowest BCUT2D eigenvalue weighted by Gasteiger charge is -2.28. The summed E-state index contributed by atoms with van der Waals surface area (Å²) in [6, 6.07) is 8.24. The van der Waals surface area contributed by atoms with Gasteiger partial charge in [0.15, 0.2) is 0 Å². The van der Waals surface area contributed by atoms with Crippen molar-refractivity contribution in [1.82, 2.24) is 20.2 Å². The van der Waals surface area contributed by atoms with Gasteiger partial charge in [0, 0.05) is 62.2 Å². The number of amides is 2. The van der Waals surface area contributed by atoms with Crippen LogP contribution in [-0.4, -0.2) is 76.1 Å². The molecule has 3 aromatic rings. The highest BCUT2D eigenvalue weighted by atomic mass is 32.2. The molecule has 11 heteroatoms. The highest BCUT2D eigenvalue weighted by molar-refractivity contribution is 7.93. The van der Waals surface area contributed by atoms with E-state index in [1.807, 2.05) is 19.1 Å². The Kier molecular flexibility index (Phi) is 8.51. The molecule has 1 aliphatic carbocycles. The molecule has 0 bridgehead atoms. The summed E-state index contributed by atoms with van der Waals surface area (Å²) in [7, 11) is 0.832. The first kappa shape index (κ1) is 28.2. The van der Waals surface area contributed by atoms with Crippen LogP contribution in [-0.2, 0) is 20.9 Å². The summed E-state index contributed by atoms with van der Waals surface area (Å²) in [5.74, 6) is 0.853. The molecule has 2 amide bonds. The Hall–Kier alpha value is -3.31. The Bertz CT molecular complexity index is 1500. The lowest BCUT2D eigenvalue weighted by atomic mass is 9.94. The van der Waals surface area contributed by atoms with E-state index in [2.05, 4.69) is 19.6 Å². The van der Waals surface area contributed by atoms with Crippen molar-refractivity contribution in [2.45, 2.75) is 51.2 Å². The minimum absolute atomic E-state index is 0.0186. The summed E-state index contributed by atoms with van der Waals surface area (Å²) in [5, 5.41) is 3.50. The molecule has 2 aromatic carbocycles. The van der Waals surface area contributed by atoms with Crippen LogP contribution in [0.5, 0.6) is 5.75 Å². The molecule has 0 atom stereocenters. The van der Waals surface area contributed by atoms with Crippen molar-refractivity contribution in [1.29, 1.82) is 0 Å². The van der Waals surface area contributed by atoms with Gasteiger partial charge in [-0.1, -0.05) is 6.07 Å². The fourth-order valence-electron chi connectivity index (χ4n) is 5.53. The molecule has 1 aliphatic heterocycles. The van der Waals surface area contributed by atoms with Crippen molar-refractivity contribution in [3.8, 4) is 5.75 Å². The predicted molar refractivity (Wildman–Crippen MR) is 153 cm³/mol. The fourth-order valence-corrected chi connectivity index (χ4v) is 7.42. The number of hydrogen-bond acceptors (Lipinski definition) is 7. The zero-order valence-corrected chi connectivity index (χ0v) is 24.0. The molecule has 0 unspecified atom stereocenters. The molecule has 2 aliphatic rings. The van der Waals surface area contributed by atoms with E-state index in [1.165, 1.54) is 18.5 Å². The standard InChI is InChI=1S/C29H36FN5O4S/c1-19-14-22(34-40(37)12-10-35(11-13-40)29(36)31-2)17-26-28(19)25(32-18-33-26)15-20-4-5-21(30)16-27(20)39-24-8-6-23(38-3)7-9-24/h4-5,14,16-18,23-24H,6-13,15H2,1-3H3,(H,31,36). The number of aromatic nitrogens is 2. The minimum Gasteiger partial charge on any atom is -0.490 e. The van der Waals surface area contributed by atoms with Crippen LogP contribution in [0.15, 0.2) is 41.0 Å². The van der Waals surface area contributed by atoms with E-state index in [0.29, 0.717) is 48.0 Å². The number of urea groups is 1. The molecule has 5 rings (SSSR count). The number of halogens is 1. The van der Waals surface area contributed by atoms with Crippen molar-refractivity contribution in [2.24, 2.45) is 4.36 Å². The van der Waals surface area contributed by atoms with Gasteiger partial charge in [-0.05, 0) is 56.4 Å². The molecule has 2 heterocycles.